The van der Waals surface area contributed by atoms with Crippen molar-refractivity contribution < 1.29 is 19.8 Å². The number of phenols is 2. The van der Waals surface area contributed by atoms with Crippen LogP contribution in [0.2, 0.25) is 0 Å². The lowest BCUT2D eigenvalue weighted by Gasteiger charge is -2.21. The molecule has 0 aliphatic heterocycles. The van der Waals surface area contributed by atoms with Crippen molar-refractivity contribution in [2.75, 3.05) is 7.05 Å². The summed E-state index contributed by atoms with van der Waals surface area (Å²) in [4.78, 5) is 24.5. The maximum Gasteiger partial charge on any atom is 0.238 e. The summed E-state index contributed by atoms with van der Waals surface area (Å²) in [6.45, 7) is 1.44. The van der Waals surface area contributed by atoms with Gasteiger partial charge in [0.05, 0.1) is 12.1 Å². The number of rotatable bonds is 8. The van der Waals surface area contributed by atoms with Crippen LogP contribution >= 0.6 is 0 Å². The molecule has 0 saturated carbocycles. The van der Waals surface area contributed by atoms with E-state index in [0.29, 0.717) is 12.8 Å². The molecule has 2 aromatic rings. The molecular weight excluding hydrogens is 332 g/mol. The minimum atomic E-state index is -0.636. The second-order valence-electron chi connectivity index (χ2n) is 6.25. The normalized spacial score (nSPS) is 13.0. The summed E-state index contributed by atoms with van der Waals surface area (Å²) in [5, 5.41) is 24.5. The molecule has 0 aromatic heterocycles. The van der Waals surface area contributed by atoms with E-state index in [0.717, 1.165) is 11.1 Å². The van der Waals surface area contributed by atoms with Crippen LogP contribution in [-0.4, -0.2) is 41.0 Å². The van der Waals surface area contributed by atoms with Gasteiger partial charge in [-0.3, -0.25) is 9.59 Å². The van der Waals surface area contributed by atoms with E-state index in [1.807, 2.05) is 0 Å². The Bertz CT molecular complexity index is 741. The van der Waals surface area contributed by atoms with Gasteiger partial charge in [-0.1, -0.05) is 24.3 Å². The molecule has 0 heterocycles. The van der Waals surface area contributed by atoms with E-state index in [1.54, 1.807) is 55.6 Å². The number of nitrogens with one attached hydrogen (secondary N) is 2. The van der Waals surface area contributed by atoms with Crippen molar-refractivity contribution >= 4 is 11.7 Å². The Balaban J connectivity index is 2.03. The number of aromatic hydroxyl groups is 2. The molecule has 0 aliphatic carbocycles. The van der Waals surface area contributed by atoms with E-state index in [-0.39, 0.29) is 23.2 Å². The molecule has 0 spiro atoms. The predicted octanol–water partition coefficient (Wildman–Crippen LogP) is 1.54. The lowest BCUT2D eigenvalue weighted by molar-refractivity contribution is -0.128. The predicted molar refractivity (Wildman–Crippen MR) is 99.1 cm³/mol. The van der Waals surface area contributed by atoms with Gasteiger partial charge in [0.2, 0.25) is 5.91 Å². The molecule has 1 amide bonds. The molecule has 0 radical (unpaired) electrons. The van der Waals surface area contributed by atoms with Gasteiger partial charge in [-0.25, -0.2) is 0 Å². The molecule has 2 atom stereocenters. The molecule has 6 nitrogen and oxygen atoms in total. The first-order chi connectivity index (χ1) is 12.4. The van der Waals surface area contributed by atoms with Crippen molar-refractivity contribution in [3.05, 3.63) is 59.7 Å². The topological polar surface area (TPSA) is 98.7 Å². The molecule has 26 heavy (non-hydrogen) atoms. The minimum absolute atomic E-state index is 0.133. The quantitative estimate of drug-likeness (QED) is 0.575. The number of carbonyl (C=O) groups excluding carboxylic acids is 2. The molecule has 2 rings (SSSR count). The number of phenolic OH excluding ortho intramolecular Hbond substituents is 2. The Morgan fingerprint density at radius 2 is 1.27 bits per heavy atom. The zero-order chi connectivity index (χ0) is 19.1. The highest BCUT2D eigenvalue weighted by Gasteiger charge is 2.23. The van der Waals surface area contributed by atoms with E-state index in [4.69, 9.17) is 0 Å². The van der Waals surface area contributed by atoms with Gasteiger partial charge in [0, 0.05) is 0 Å². The molecule has 0 saturated heterocycles. The molecular formula is C20H24N2O4. The molecule has 138 valence electrons. The van der Waals surface area contributed by atoms with Crippen LogP contribution in [0, 0.1) is 0 Å². The van der Waals surface area contributed by atoms with Crippen molar-refractivity contribution in [3.63, 3.8) is 0 Å². The smallest absolute Gasteiger partial charge is 0.238 e. The maximum atomic E-state index is 12.6. The molecule has 0 fully saturated rings. The lowest BCUT2D eigenvalue weighted by Crippen LogP contribution is -2.50. The highest BCUT2D eigenvalue weighted by molar-refractivity contribution is 5.90. The molecule has 0 aliphatic rings. The van der Waals surface area contributed by atoms with E-state index >= 15 is 0 Å². The molecule has 4 N–H and O–H groups in total. The van der Waals surface area contributed by atoms with Crippen molar-refractivity contribution in [3.8, 4) is 11.5 Å². The number of likely N-dealkylation sites (N-methyl/N-ethyl adjacent to an activating group) is 1. The van der Waals surface area contributed by atoms with Crippen LogP contribution in [0.4, 0.5) is 0 Å². The minimum Gasteiger partial charge on any atom is -0.508 e. The van der Waals surface area contributed by atoms with Gasteiger partial charge in [-0.2, -0.15) is 0 Å². The highest BCUT2D eigenvalue weighted by Crippen LogP contribution is 2.13. The number of hydrogen-bond donors (Lipinski definition) is 4. The standard InChI is InChI=1S/C20H24N2O4/c1-13(23)18(11-14-3-7-16(24)8-4-14)22-20(26)19(21-2)12-15-5-9-17(25)10-6-15/h3-10,18-19,21,24-25H,11-12H2,1-2H3,(H,22,26). The first kappa shape index (κ1) is 19.5. The Kier molecular flexibility index (Phi) is 6.74. The van der Waals surface area contributed by atoms with Gasteiger partial charge in [0.15, 0.2) is 5.78 Å². The monoisotopic (exact) mass is 356 g/mol. The fourth-order valence-electron chi connectivity index (χ4n) is 2.63. The zero-order valence-electron chi connectivity index (χ0n) is 14.9. The van der Waals surface area contributed by atoms with Crippen LogP contribution in [0.15, 0.2) is 48.5 Å². The SMILES string of the molecule is CNC(Cc1ccc(O)cc1)C(=O)NC(Cc1ccc(O)cc1)C(C)=O. The molecule has 6 heteroatoms. The van der Waals surface area contributed by atoms with E-state index in [1.165, 1.54) is 6.92 Å². The first-order valence-corrected chi connectivity index (χ1v) is 8.43. The third kappa shape index (κ3) is 5.60. The van der Waals surface area contributed by atoms with E-state index in [9.17, 15) is 19.8 Å². The van der Waals surface area contributed by atoms with E-state index in [2.05, 4.69) is 10.6 Å². The molecule has 2 aromatic carbocycles. The van der Waals surface area contributed by atoms with Crippen LogP contribution in [0.3, 0.4) is 0 Å². The summed E-state index contributed by atoms with van der Waals surface area (Å²) < 4.78 is 0. The third-order valence-corrected chi connectivity index (χ3v) is 4.22. The average molecular weight is 356 g/mol. The fourth-order valence-corrected chi connectivity index (χ4v) is 2.63. The van der Waals surface area contributed by atoms with Crippen molar-refractivity contribution in [2.24, 2.45) is 0 Å². The third-order valence-electron chi connectivity index (χ3n) is 4.22. The van der Waals surface area contributed by atoms with Crippen LogP contribution < -0.4 is 10.6 Å². The van der Waals surface area contributed by atoms with Crippen LogP contribution in [0.25, 0.3) is 0 Å². The van der Waals surface area contributed by atoms with Gasteiger partial charge < -0.3 is 20.8 Å². The summed E-state index contributed by atoms with van der Waals surface area (Å²) in [6.07, 6.45) is 0.795. The van der Waals surface area contributed by atoms with Gasteiger partial charge in [-0.15, -0.1) is 0 Å². The number of ketones is 1. The second kappa shape index (κ2) is 9.01. The van der Waals surface area contributed by atoms with Gasteiger partial charge in [0.1, 0.15) is 11.5 Å². The number of carbonyl (C=O) groups is 2. The number of hydrogen-bond acceptors (Lipinski definition) is 5. The van der Waals surface area contributed by atoms with Crippen LogP contribution in [-0.2, 0) is 22.4 Å². The van der Waals surface area contributed by atoms with Crippen molar-refractivity contribution in [2.45, 2.75) is 31.8 Å². The molecule has 2 unspecified atom stereocenters. The largest absolute Gasteiger partial charge is 0.508 e. The van der Waals surface area contributed by atoms with E-state index < -0.39 is 12.1 Å². The number of Topliss-reactive ketones (excluding diaryl/α,β-unsaturated/α-hetero) is 1. The van der Waals surface area contributed by atoms with Gasteiger partial charge in [-0.05, 0) is 62.2 Å². The number of amides is 1. The van der Waals surface area contributed by atoms with Gasteiger partial charge in [0.25, 0.3) is 0 Å². The summed E-state index contributed by atoms with van der Waals surface area (Å²) in [7, 11) is 1.69. The Morgan fingerprint density at radius 1 is 0.846 bits per heavy atom. The maximum absolute atomic E-state index is 12.6. The Morgan fingerprint density at radius 3 is 1.65 bits per heavy atom. The fraction of sp³-hybridized carbons (Fsp3) is 0.300. The second-order valence-corrected chi connectivity index (χ2v) is 6.25. The van der Waals surface area contributed by atoms with Crippen molar-refractivity contribution in [1.82, 2.24) is 10.6 Å². The van der Waals surface area contributed by atoms with Crippen molar-refractivity contribution in [1.29, 1.82) is 0 Å². The number of benzene rings is 2. The summed E-state index contributed by atoms with van der Waals surface area (Å²) >= 11 is 0. The Hall–Kier alpha value is -2.86. The van der Waals surface area contributed by atoms with Gasteiger partial charge >= 0.3 is 0 Å². The summed E-state index contributed by atoms with van der Waals surface area (Å²) in [6, 6.07) is 12.1. The lowest BCUT2D eigenvalue weighted by atomic mass is 10.0. The summed E-state index contributed by atoms with van der Waals surface area (Å²) in [5.74, 6) is -0.0727. The summed E-state index contributed by atoms with van der Waals surface area (Å²) in [5.41, 5.74) is 1.75. The van der Waals surface area contributed by atoms with Crippen LogP contribution in [0.1, 0.15) is 18.1 Å². The molecule has 0 bridgehead atoms. The average Bonchev–Trinajstić information content (AvgIpc) is 2.62. The first-order valence-electron chi connectivity index (χ1n) is 8.43. The Labute approximate surface area is 152 Å². The highest BCUT2D eigenvalue weighted by atomic mass is 16.3. The van der Waals surface area contributed by atoms with Crippen LogP contribution in [0.5, 0.6) is 11.5 Å². The zero-order valence-corrected chi connectivity index (χ0v) is 14.9.